The number of nitrogens with one attached hydrogen (secondary N) is 1. The van der Waals surface area contributed by atoms with Crippen LogP contribution >= 0.6 is 0 Å². The molecular weight excluding hydrogens is 299 g/mol. The van der Waals surface area contributed by atoms with Crippen LogP contribution in [0.3, 0.4) is 0 Å². The van der Waals surface area contributed by atoms with Gasteiger partial charge >= 0.3 is 5.97 Å². The van der Waals surface area contributed by atoms with Crippen LogP contribution in [0.1, 0.15) is 24.0 Å². The lowest BCUT2D eigenvalue weighted by Gasteiger charge is -2.17. The molecule has 3 rings (SSSR count). The predicted molar refractivity (Wildman–Crippen MR) is 84.0 cm³/mol. The van der Waals surface area contributed by atoms with E-state index in [-0.39, 0.29) is 31.8 Å². The summed E-state index contributed by atoms with van der Waals surface area (Å²) in [6.07, 6.45) is 2.55. The van der Waals surface area contributed by atoms with Crippen molar-refractivity contribution in [1.29, 1.82) is 0 Å². The third-order valence-corrected chi connectivity index (χ3v) is 4.57. The summed E-state index contributed by atoms with van der Waals surface area (Å²) in [6, 6.07) is 6.00. The van der Waals surface area contributed by atoms with Crippen molar-refractivity contribution in [2.45, 2.75) is 31.9 Å². The van der Waals surface area contributed by atoms with Crippen LogP contribution in [-0.4, -0.2) is 45.6 Å². The number of aromatic nitrogens is 1. The Labute approximate surface area is 133 Å². The van der Waals surface area contributed by atoms with Crippen molar-refractivity contribution in [3.63, 3.8) is 0 Å². The number of hydrogen-bond acceptors (Lipinski definition) is 2. The number of rotatable bonds is 4. The maximum absolute atomic E-state index is 14.0. The van der Waals surface area contributed by atoms with E-state index in [0.717, 1.165) is 22.0 Å². The molecule has 6 heteroatoms. The van der Waals surface area contributed by atoms with E-state index in [4.69, 9.17) is 5.11 Å². The molecule has 0 radical (unpaired) electrons. The minimum atomic E-state index is -2.30. The molecule has 1 atom stereocenters. The smallest absolute Gasteiger partial charge is 0.343 e. The summed E-state index contributed by atoms with van der Waals surface area (Å²) in [5.74, 6) is -1.69. The number of H-pyrrole nitrogens is 1. The molecule has 1 aliphatic rings. The first kappa shape index (κ1) is 15.5. The highest BCUT2D eigenvalue weighted by atomic mass is 19.1. The lowest BCUT2D eigenvalue weighted by Crippen LogP contribution is -2.38. The van der Waals surface area contributed by atoms with Crippen molar-refractivity contribution in [1.82, 2.24) is 9.88 Å². The summed E-state index contributed by atoms with van der Waals surface area (Å²) in [6.45, 7) is 1.83. The number of aryl methyl sites for hydroxylation is 2. The maximum Gasteiger partial charge on any atom is 0.343 e. The van der Waals surface area contributed by atoms with Gasteiger partial charge in [0.2, 0.25) is 11.6 Å². The Morgan fingerprint density at radius 3 is 2.91 bits per heavy atom. The monoisotopic (exact) mass is 318 g/mol. The van der Waals surface area contributed by atoms with Crippen molar-refractivity contribution in [2.75, 3.05) is 13.1 Å². The van der Waals surface area contributed by atoms with Gasteiger partial charge in [-0.25, -0.2) is 9.18 Å². The van der Waals surface area contributed by atoms with Gasteiger partial charge in [-0.05, 0) is 24.5 Å². The van der Waals surface area contributed by atoms with Crippen LogP contribution in [0.2, 0.25) is 0 Å². The minimum absolute atomic E-state index is 0.139. The van der Waals surface area contributed by atoms with Crippen LogP contribution < -0.4 is 0 Å². The molecule has 0 aliphatic carbocycles. The average molecular weight is 318 g/mol. The topological polar surface area (TPSA) is 73.4 Å². The number of halogens is 1. The van der Waals surface area contributed by atoms with Gasteiger partial charge in [-0.15, -0.1) is 0 Å². The fourth-order valence-corrected chi connectivity index (χ4v) is 3.13. The number of carboxylic acids is 1. The molecule has 2 heterocycles. The molecule has 1 amide bonds. The number of aliphatic carboxylic acids is 1. The molecule has 0 bridgehead atoms. The van der Waals surface area contributed by atoms with E-state index in [2.05, 4.69) is 4.98 Å². The van der Waals surface area contributed by atoms with Gasteiger partial charge in [-0.3, -0.25) is 4.79 Å². The summed E-state index contributed by atoms with van der Waals surface area (Å²) in [7, 11) is 0. The molecule has 1 aliphatic heterocycles. The number of nitrogens with zero attached hydrogens (tertiary/aromatic N) is 1. The van der Waals surface area contributed by atoms with Gasteiger partial charge in [0.25, 0.3) is 0 Å². The molecule has 1 unspecified atom stereocenters. The van der Waals surface area contributed by atoms with Gasteiger partial charge in [0, 0.05) is 36.5 Å². The van der Waals surface area contributed by atoms with Gasteiger partial charge in [-0.2, -0.15) is 0 Å². The first-order valence-electron chi connectivity index (χ1n) is 7.66. The predicted octanol–water partition coefficient (Wildman–Crippen LogP) is 2.43. The van der Waals surface area contributed by atoms with Gasteiger partial charge in [0.1, 0.15) is 0 Å². The third kappa shape index (κ3) is 2.81. The SMILES string of the molecule is Cc1cccc2c(CCC(=O)N3CCC(F)(C(=O)O)C3)c[nH]c12. The summed E-state index contributed by atoms with van der Waals surface area (Å²) in [5.41, 5.74) is 0.946. The van der Waals surface area contributed by atoms with E-state index < -0.39 is 11.6 Å². The number of carboxylic acid groups (broad SMARTS) is 1. The number of carbonyl (C=O) groups is 2. The molecule has 23 heavy (non-hydrogen) atoms. The number of amides is 1. The second-order valence-corrected chi connectivity index (χ2v) is 6.15. The summed E-state index contributed by atoms with van der Waals surface area (Å²) in [5, 5.41) is 9.97. The van der Waals surface area contributed by atoms with E-state index in [1.807, 2.05) is 31.3 Å². The molecule has 2 aromatic rings. The van der Waals surface area contributed by atoms with E-state index in [1.165, 1.54) is 4.90 Å². The molecule has 1 aromatic heterocycles. The fourth-order valence-electron chi connectivity index (χ4n) is 3.13. The molecule has 5 nitrogen and oxygen atoms in total. The quantitative estimate of drug-likeness (QED) is 0.909. The highest BCUT2D eigenvalue weighted by Crippen LogP contribution is 2.27. The molecule has 1 fully saturated rings. The number of alkyl halides is 1. The first-order chi connectivity index (χ1) is 10.9. The minimum Gasteiger partial charge on any atom is -0.479 e. The molecule has 2 N–H and O–H groups in total. The molecule has 0 saturated carbocycles. The first-order valence-corrected chi connectivity index (χ1v) is 7.66. The van der Waals surface area contributed by atoms with Crippen LogP contribution in [0.5, 0.6) is 0 Å². The Hall–Kier alpha value is -2.37. The van der Waals surface area contributed by atoms with Crippen LogP contribution in [0, 0.1) is 6.92 Å². The Morgan fingerprint density at radius 2 is 2.22 bits per heavy atom. The van der Waals surface area contributed by atoms with Crippen LogP contribution in [-0.2, 0) is 16.0 Å². The van der Waals surface area contributed by atoms with Crippen LogP contribution in [0.15, 0.2) is 24.4 Å². The van der Waals surface area contributed by atoms with Gasteiger partial charge in [0.15, 0.2) is 0 Å². The zero-order valence-electron chi connectivity index (χ0n) is 12.9. The summed E-state index contributed by atoms with van der Waals surface area (Å²) < 4.78 is 14.0. The van der Waals surface area contributed by atoms with Crippen molar-refractivity contribution in [3.8, 4) is 0 Å². The van der Waals surface area contributed by atoms with Gasteiger partial charge in [0.05, 0.1) is 6.54 Å². The zero-order valence-corrected chi connectivity index (χ0v) is 12.9. The molecule has 1 saturated heterocycles. The lowest BCUT2D eigenvalue weighted by atomic mass is 10.1. The Balaban J connectivity index is 1.65. The number of hydrogen-bond donors (Lipinski definition) is 2. The highest BCUT2D eigenvalue weighted by Gasteiger charge is 2.46. The molecule has 122 valence electrons. The number of aromatic amines is 1. The second kappa shape index (κ2) is 5.68. The van der Waals surface area contributed by atoms with Crippen molar-refractivity contribution >= 4 is 22.8 Å². The number of fused-ring (bicyclic) bond motifs is 1. The van der Waals surface area contributed by atoms with E-state index in [0.29, 0.717) is 6.42 Å². The van der Waals surface area contributed by atoms with Crippen molar-refractivity contribution in [2.24, 2.45) is 0 Å². The molecular formula is C17H19FN2O3. The lowest BCUT2D eigenvalue weighted by molar-refractivity contribution is -0.150. The molecule has 1 aromatic carbocycles. The van der Waals surface area contributed by atoms with E-state index >= 15 is 0 Å². The van der Waals surface area contributed by atoms with E-state index in [1.54, 1.807) is 0 Å². The number of carbonyl (C=O) groups excluding carboxylic acids is 1. The van der Waals surface area contributed by atoms with Gasteiger partial charge < -0.3 is 15.0 Å². The highest BCUT2D eigenvalue weighted by molar-refractivity contribution is 5.87. The van der Waals surface area contributed by atoms with Crippen LogP contribution in [0.4, 0.5) is 4.39 Å². The summed E-state index contributed by atoms with van der Waals surface area (Å²) in [4.78, 5) is 27.6. The standard InChI is InChI=1S/C17H19FN2O3/c1-11-3-2-4-13-12(9-19-15(11)13)5-6-14(21)20-8-7-17(18,10-20)16(22)23/h2-4,9,19H,5-8,10H2,1H3,(H,22,23). The van der Waals surface area contributed by atoms with Gasteiger partial charge in [-0.1, -0.05) is 18.2 Å². The normalized spacial score (nSPS) is 21.0. The number of para-hydroxylation sites is 1. The fraction of sp³-hybridized carbons (Fsp3) is 0.412. The third-order valence-electron chi connectivity index (χ3n) is 4.57. The summed E-state index contributed by atoms with van der Waals surface area (Å²) >= 11 is 0. The number of benzene rings is 1. The second-order valence-electron chi connectivity index (χ2n) is 6.15. The number of likely N-dealkylation sites (tertiary alicyclic amines) is 1. The zero-order chi connectivity index (χ0) is 16.6. The Morgan fingerprint density at radius 1 is 1.43 bits per heavy atom. The van der Waals surface area contributed by atoms with Crippen molar-refractivity contribution < 1.29 is 19.1 Å². The Bertz CT molecular complexity index is 770. The maximum atomic E-state index is 14.0. The van der Waals surface area contributed by atoms with E-state index in [9.17, 15) is 14.0 Å². The van der Waals surface area contributed by atoms with Crippen LogP contribution in [0.25, 0.3) is 10.9 Å². The van der Waals surface area contributed by atoms with Crippen molar-refractivity contribution in [3.05, 3.63) is 35.5 Å². The molecule has 0 spiro atoms. The Kier molecular flexibility index (Phi) is 3.83. The largest absolute Gasteiger partial charge is 0.479 e. The average Bonchev–Trinajstić information content (AvgIpc) is 3.11.